The molecular weight excluding hydrogens is 468 g/mol. The Morgan fingerprint density at radius 2 is 1.53 bits per heavy atom. The molecule has 38 heavy (non-hydrogen) atoms. The van der Waals surface area contributed by atoms with Crippen LogP contribution in [0.1, 0.15) is 49.7 Å². The summed E-state index contributed by atoms with van der Waals surface area (Å²) in [6.45, 7) is 6.92. The van der Waals surface area contributed by atoms with Gasteiger partial charge in [-0.2, -0.15) is 5.26 Å². The number of hydrogen-bond donors (Lipinski definition) is 0. The summed E-state index contributed by atoms with van der Waals surface area (Å²) in [5, 5.41) is 11.5. The van der Waals surface area contributed by atoms with E-state index in [1.54, 1.807) is 0 Å². The molecule has 1 fully saturated rings. The van der Waals surface area contributed by atoms with Crippen molar-refractivity contribution in [2.75, 3.05) is 32.8 Å². The first-order chi connectivity index (χ1) is 18.7. The molecule has 1 aliphatic rings. The van der Waals surface area contributed by atoms with E-state index in [9.17, 15) is 0 Å². The molecule has 1 heterocycles. The van der Waals surface area contributed by atoms with Crippen LogP contribution in [-0.4, -0.2) is 37.7 Å². The van der Waals surface area contributed by atoms with E-state index < -0.39 is 0 Å². The van der Waals surface area contributed by atoms with Gasteiger partial charge in [-0.25, -0.2) is 0 Å². The van der Waals surface area contributed by atoms with E-state index in [1.807, 2.05) is 36.4 Å². The van der Waals surface area contributed by atoms with Crippen molar-refractivity contribution >= 4 is 10.8 Å². The Hall–Kier alpha value is -3.81. The molecule has 0 unspecified atom stereocenters. The number of fused-ring (bicyclic) bond motifs is 1. The molecule has 194 valence electrons. The van der Waals surface area contributed by atoms with Gasteiger partial charge in [-0.05, 0) is 105 Å². The SMILES string of the molecule is CCOc1c(C2CCN(CCCCOc3ccc(-c4ccc(C#N)cc4)cc3)CC2)ccc2ccccc12. The average molecular weight is 505 g/mol. The molecule has 4 aromatic rings. The quantitative estimate of drug-likeness (QED) is 0.207. The first-order valence-electron chi connectivity index (χ1n) is 13.9. The fraction of sp³-hybridized carbons (Fsp3) is 0.324. The van der Waals surface area contributed by atoms with Crippen LogP contribution < -0.4 is 9.47 Å². The minimum Gasteiger partial charge on any atom is -0.494 e. The van der Waals surface area contributed by atoms with Crippen molar-refractivity contribution in [2.24, 2.45) is 0 Å². The van der Waals surface area contributed by atoms with Gasteiger partial charge < -0.3 is 14.4 Å². The summed E-state index contributed by atoms with van der Waals surface area (Å²) >= 11 is 0. The summed E-state index contributed by atoms with van der Waals surface area (Å²) in [4.78, 5) is 2.60. The number of hydrogen-bond acceptors (Lipinski definition) is 4. The van der Waals surface area contributed by atoms with E-state index in [-0.39, 0.29) is 0 Å². The lowest BCUT2D eigenvalue weighted by Gasteiger charge is -2.33. The fourth-order valence-electron chi connectivity index (χ4n) is 5.46. The van der Waals surface area contributed by atoms with Crippen molar-refractivity contribution in [1.29, 1.82) is 5.26 Å². The van der Waals surface area contributed by atoms with Crippen LogP contribution >= 0.6 is 0 Å². The number of benzene rings is 4. The molecule has 4 nitrogen and oxygen atoms in total. The highest BCUT2D eigenvalue weighted by atomic mass is 16.5. The van der Waals surface area contributed by atoms with Gasteiger partial charge in [0.1, 0.15) is 11.5 Å². The van der Waals surface area contributed by atoms with E-state index in [4.69, 9.17) is 14.7 Å². The molecule has 0 atom stereocenters. The highest BCUT2D eigenvalue weighted by molar-refractivity contribution is 5.89. The van der Waals surface area contributed by atoms with Gasteiger partial charge in [-0.15, -0.1) is 0 Å². The number of unbranched alkanes of at least 4 members (excludes halogenated alkanes) is 1. The monoisotopic (exact) mass is 504 g/mol. The molecule has 0 aliphatic carbocycles. The molecule has 0 saturated carbocycles. The van der Waals surface area contributed by atoms with E-state index in [0.717, 1.165) is 61.7 Å². The Labute approximate surface area is 226 Å². The highest BCUT2D eigenvalue weighted by Crippen LogP contribution is 2.39. The Kier molecular flexibility index (Phi) is 8.58. The minimum absolute atomic E-state index is 0.563. The van der Waals surface area contributed by atoms with Gasteiger partial charge in [0.15, 0.2) is 0 Å². The number of nitriles is 1. The molecule has 4 aromatic carbocycles. The van der Waals surface area contributed by atoms with Crippen molar-refractivity contribution in [3.05, 3.63) is 96.1 Å². The first kappa shape index (κ1) is 25.8. The number of nitrogens with zero attached hydrogens (tertiary/aromatic N) is 2. The number of likely N-dealkylation sites (tertiary alicyclic amines) is 1. The lowest BCUT2D eigenvalue weighted by molar-refractivity contribution is 0.200. The van der Waals surface area contributed by atoms with Crippen LogP contribution in [0.5, 0.6) is 11.5 Å². The minimum atomic E-state index is 0.563. The topological polar surface area (TPSA) is 45.5 Å². The summed E-state index contributed by atoms with van der Waals surface area (Å²) < 4.78 is 12.2. The zero-order valence-electron chi connectivity index (χ0n) is 22.2. The van der Waals surface area contributed by atoms with Gasteiger partial charge in [-0.3, -0.25) is 0 Å². The number of rotatable bonds is 10. The van der Waals surface area contributed by atoms with E-state index in [1.165, 1.54) is 29.2 Å². The predicted molar refractivity (Wildman–Crippen MR) is 155 cm³/mol. The average Bonchev–Trinajstić information content (AvgIpc) is 2.98. The van der Waals surface area contributed by atoms with Gasteiger partial charge >= 0.3 is 0 Å². The van der Waals surface area contributed by atoms with Gasteiger partial charge in [0.25, 0.3) is 0 Å². The standard InChI is InChI=1S/C34H36N2O2/c1-2-37-34-32-8-4-3-7-29(32)15-18-33(34)30-19-22-36(23-20-30)21-5-6-24-38-31-16-13-28(14-17-31)27-11-9-26(25-35)10-12-27/h3-4,7-18,30H,2,5-6,19-24H2,1H3. The van der Waals surface area contributed by atoms with Gasteiger partial charge in [0.05, 0.1) is 24.8 Å². The third-order valence-electron chi connectivity index (χ3n) is 7.57. The highest BCUT2D eigenvalue weighted by Gasteiger charge is 2.24. The molecule has 4 heteroatoms. The van der Waals surface area contributed by atoms with E-state index >= 15 is 0 Å². The first-order valence-corrected chi connectivity index (χ1v) is 13.9. The predicted octanol–water partition coefficient (Wildman–Crippen LogP) is 7.82. The van der Waals surface area contributed by atoms with Crippen molar-refractivity contribution < 1.29 is 9.47 Å². The summed E-state index contributed by atoms with van der Waals surface area (Å²) in [5.74, 6) is 2.56. The normalized spacial score (nSPS) is 14.3. The van der Waals surface area contributed by atoms with Crippen LogP contribution in [0, 0.1) is 11.3 Å². The van der Waals surface area contributed by atoms with Crippen molar-refractivity contribution in [3.63, 3.8) is 0 Å². The van der Waals surface area contributed by atoms with Crippen LogP contribution in [0.25, 0.3) is 21.9 Å². The molecule has 0 amide bonds. The van der Waals surface area contributed by atoms with Crippen LogP contribution in [0.2, 0.25) is 0 Å². The lowest BCUT2D eigenvalue weighted by atomic mass is 9.87. The van der Waals surface area contributed by atoms with Crippen LogP contribution in [0.15, 0.2) is 84.9 Å². The maximum absolute atomic E-state index is 8.96. The Morgan fingerprint density at radius 1 is 0.816 bits per heavy atom. The molecular formula is C34H36N2O2. The second-order valence-electron chi connectivity index (χ2n) is 10.0. The maximum Gasteiger partial charge on any atom is 0.130 e. The second-order valence-corrected chi connectivity index (χ2v) is 10.0. The molecule has 0 N–H and O–H groups in total. The lowest BCUT2D eigenvalue weighted by Crippen LogP contribution is -2.34. The fourth-order valence-corrected chi connectivity index (χ4v) is 5.46. The molecule has 1 aliphatic heterocycles. The van der Waals surface area contributed by atoms with Crippen LogP contribution in [-0.2, 0) is 0 Å². The number of piperidine rings is 1. The summed E-state index contributed by atoms with van der Waals surface area (Å²) in [6, 6.07) is 31.1. The second kappa shape index (κ2) is 12.6. The summed E-state index contributed by atoms with van der Waals surface area (Å²) in [6.07, 6.45) is 4.56. The molecule has 5 rings (SSSR count). The Balaban J connectivity index is 1.05. The third-order valence-corrected chi connectivity index (χ3v) is 7.57. The third kappa shape index (κ3) is 6.18. The van der Waals surface area contributed by atoms with E-state index in [0.29, 0.717) is 18.1 Å². The Bertz CT molecular complexity index is 1360. The zero-order chi connectivity index (χ0) is 26.2. The van der Waals surface area contributed by atoms with Crippen molar-refractivity contribution in [1.82, 2.24) is 4.90 Å². The number of ether oxygens (including phenoxy) is 2. The van der Waals surface area contributed by atoms with E-state index in [2.05, 4.69) is 66.4 Å². The molecule has 0 radical (unpaired) electrons. The summed E-state index contributed by atoms with van der Waals surface area (Å²) in [7, 11) is 0. The molecule has 0 aromatic heterocycles. The molecule has 0 spiro atoms. The zero-order valence-corrected chi connectivity index (χ0v) is 22.2. The molecule has 1 saturated heterocycles. The van der Waals surface area contributed by atoms with Gasteiger partial charge in [-0.1, -0.05) is 60.7 Å². The van der Waals surface area contributed by atoms with Gasteiger partial charge in [0, 0.05) is 5.39 Å². The van der Waals surface area contributed by atoms with Crippen molar-refractivity contribution in [3.8, 4) is 28.7 Å². The van der Waals surface area contributed by atoms with Crippen molar-refractivity contribution in [2.45, 2.75) is 38.5 Å². The summed E-state index contributed by atoms with van der Waals surface area (Å²) in [5.41, 5.74) is 4.29. The van der Waals surface area contributed by atoms with Crippen LogP contribution in [0.4, 0.5) is 0 Å². The van der Waals surface area contributed by atoms with Crippen LogP contribution in [0.3, 0.4) is 0 Å². The maximum atomic E-state index is 8.96. The largest absolute Gasteiger partial charge is 0.494 e. The van der Waals surface area contributed by atoms with Gasteiger partial charge in [0.2, 0.25) is 0 Å². The Morgan fingerprint density at radius 3 is 2.24 bits per heavy atom. The smallest absolute Gasteiger partial charge is 0.130 e. The molecule has 0 bridgehead atoms.